The zero-order valence-corrected chi connectivity index (χ0v) is 22.1. The Balaban J connectivity index is 1.52. The van der Waals surface area contributed by atoms with E-state index < -0.39 is 21.9 Å². The molecule has 6 rings (SSSR count). The van der Waals surface area contributed by atoms with Crippen molar-refractivity contribution in [3.8, 4) is 0 Å². The molecule has 4 aromatic rings. The molecule has 0 bridgehead atoms. The lowest BCUT2D eigenvalue weighted by molar-refractivity contribution is -0.150. The van der Waals surface area contributed by atoms with Gasteiger partial charge in [-0.15, -0.1) is 0 Å². The topological polar surface area (TPSA) is 69.7 Å². The van der Waals surface area contributed by atoms with Crippen molar-refractivity contribution in [2.45, 2.75) is 30.2 Å². The number of rotatable bonds is 8. The Morgan fingerprint density at radius 3 is 1.69 bits per heavy atom. The number of benzene rings is 4. The molecular formula is C33H27NO4S. The highest BCUT2D eigenvalue weighted by atomic mass is 32.2. The number of hydrogen-bond donors (Lipinski definition) is 0. The largest absolute Gasteiger partial charge is 0.610 e. The van der Waals surface area contributed by atoms with E-state index in [1.165, 1.54) is 4.90 Å². The van der Waals surface area contributed by atoms with Gasteiger partial charge in [0.25, 0.3) is 0 Å². The molecule has 194 valence electrons. The molecule has 2 aliphatic heterocycles. The molecule has 0 spiro atoms. The highest BCUT2D eigenvalue weighted by molar-refractivity contribution is 7.96. The maximum absolute atomic E-state index is 15.2. The van der Waals surface area contributed by atoms with Gasteiger partial charge in [0.1, 0.15) is 6.61 Å². The maximum atomic E-state index is 15.2. The number of carbonyl (C=O) groups excluding carboxylic acids is 2. The van der Waals surface area contributed by atoms with Crippen LogP contribution in [0.3, 0.4) is 0 Å². The third-order valence-corrected chi connectivity index (χ3v) is 9.49. The predicted octanol–water partition coefficient (Wildman–Crippen LogP) is 5.69. The summed E-state index contributed by atoms with van der Waals surface area (Å²) in [5.74, 6) is -0.774. The minimum atomic E-state index is -1.77. The van der Waals surface area contributed by atoms with Gasteiger partial charge in [-0.2, -0.15) is 0 Å². The minimum Gasteiger partial charge on any atom is -0.610 e. The van der Waals surface area contributed by atoms with Crippen LogP contribution in [0.1, 0.15) is 35.1 Å². The first-order chi connectivity index (χ1) is 19.1. The van der Waals surface area contributed by atoms with Gasteiger partial charge in [-0.3, -0.25) is 9.69 Å². The van der Waals surface area contributed by atoms with Crippen molar-refractivity contribution in [3.63, 3.8) is 0 Å². The second kappa shape index (κ2) is 10.6. The first kappa shape index (κ1) is 25.2. The van der Waals surface area contributed by atoms with Gasteiger partial charge < -0.3 is 9.29 Å². The van der Waals surface area contributed by atoms with E-state index in [-0.39, 0.29) is 24.3 Å². The van der Waals surface area contributed by atoms with Gasteiger partial charge >= 0.3 is 5.97 Å². The summed E-state index contributed by atoms with van der Waals surface area (Å²) in [5.41, 5.74) is 3.48. The van der Waals surface area contributed by atoms with Gasteiger partial charge in [0.05, 0.1) is 6.04 Å². The molecule has 6 heteroatoms. The number of carbonyl (C=O) groups is 2. The first-order valence-electron chi connectivity index (χ1n) is 13.0. The van der Waals surface area contributed by atoms with E-state index in [2.05, 4.69) is 0 Å². The molecule has 0 N–H and O–H groups in total. The molecule has 1 saturated heterocycles. The predicted molar refractivity (Wildman–Crippen MR) is 150 cm³/mol. The second-order valence-corrected chi connectivity index (χ2v) is 11.3. The Morgan fingerprint density at radius 2 is 1.23 bits per heavy atom. The summed E-state index contributed by atoms with van der Waals surface area (Å²) in [5, 5.41) is 0. The summed E-state index contributed by atoms with van der Waals surface area (Å²) in [4.78, 5) is 28.2. The average Bonchev–Trinajstić information content (AvgIpc) is 3.31. The van der Waals surface area contributed by atoms with E-state index in [9.17, 15) is 9.59 Å². The van der Waals surface area contributed by atoms with Crippen LogP contribution >= 0.6 is 0 Å². The Kier molecular flexibility index (Phi) is 6.81. The smallest absolute Gasteiger partial charge is 0.360 e. The number of esters is 1. The van der Waals surface area contributed by atoms with E-state index in [4.69, 9.17) is 4.74 Å². The first-order valence-corrected chi connectivity index (χ1v) is 14.1. The lowest BCUT2D eigenvalue weighted by Gasteiger charge is -2.37. The van der Waals surface area contributed by atoms with Crippen LogP contribution in [0.15, 0.2) is 132 Å². The third-order valence-electron chi connectivity index (χ3n) is 7.42. The number of nitrogens with zero attached hydrogens (tertiary/aromatic N) is 1. The Hall–Kier alpha value is -4.13. The van der Waals surface area contributed by atoms with Crippen LogP contribution in [0, 0.1) is 0 Å². The van der Waals surface area contributed by atoms with E-state index in [0.29, 0.717) is 17.7 Å². The van der Waals surface area contributed by atoms with Crippen LogP contribution in [-0.4, -0.2) is 27.4 Å². The van der Waals surface area contributed by atoms with Crippen LogP contribution in [0.25, 0.3) is 0 Å². The van der Waals surface area contributed by atoms with Crippen molar-refractivity contribution < 1.29 is 18.9 Å². The fourth-order valence-corrected chi connectivity index (χ4v) is 7.71. The molecule has 2 aliphatic rings. The Morgan fingerprint density at radius 1 is 0.769 bits per heavy atom. The fraction of sp³-hybridized carbons (Fsp3) is 0.152. The molecule has 2 heterocycles. The van der Waals surface area contributed by atoms with Crippen molar-refractivity contribution in [3.05, 3.63) is 154 Å². The molecule has 2 unspecified atom stereocenters. The van der Waals surface area contributed by atoms with Gasteiger partial charge in [0, 0.05) is 40.7 Å². The van der Waals surface area contributed by atoms with Gasteiger partial charge in [-0.05, 0) is 5.56 Å². The van der Waals surface area contributed by atoms with Gasteiger partial charge in [-0.1, -0.05) is 121 Å². The number of β-lactam (4-membered cyclic amide) rings is 1. The standard InChI is InChI=1S/C33H27NO4S/c35-30-22-28-21-29(31(34(28)30)32(36)38-23-24-13-5-1-6-14-24)39(37)33(25-15-7-2-8-16-25,26-17-9-3-10-18-26)27-19-11-4-12-20-27/h1-20,28H,21-23H2. The molecule has 0 aromatic heterocycles. The van der Waals surface area contributed by atoms with Gasteiger partial charge in [0.2, 0.25) is 10.7 Å². The van der Waals surface area contributed by atoms with Crippen molar-refractivity contribution >= 4 is 23.1 Å². The van der Waals surface area contributed by atoms with Crippen LogP contribution < -0.4 is 0 Å². The second-order valence-electron chi connectivity index (χ2n) is 9.71. The lowest BCUT2D eigenvalue weighted by atomic mass is 9.84. The molecule has 2 atom stereocenters. The normalized spacial score (nSPS) is 17.4. The number of amides is 1. The summed E-state index contributed by atoms with van der Waals surface area (Å²) < 4.78 is 19.8. The summed E-state index contributed by atoms with van der Waals surface area (Å²) in [6, 6.07) is 38.4. The van der Waals surface area contributed by atoms with E-state index in [1.807, 2.05) is 121 Å². The molecule has 5 nitrogen and oxygen atoms in total. The summed E-state index contributed by atoms with van der Waals surface area (Å²) in [6.07, 6.45) is 0.688. The Labute approximate surface area is 230 Å². The van der Waals surface area contributed by atoms with Crippen molar-refractivity contribution in [1.82, 2.24) is 4.90 Å². The molecule has 0 aliphatic carbocycles. The Bertz CT molecular complexity index is 1410. The SMILES string of the molecule is O=C(OCc1ccccc1)C1=C([S+]([O-])C(c2ccccc2)(c2ccccc2)c2ccccc2)CC2CC(=O)N12. The van der Waals surface area contributed by atoms with E-state index in [1.54, 1.807) is 0 Å². The van der Waals surface area contributed by atoms with Crippen molar-refractivity contribution in [2.75, 3.05) is 0 Å². The highest BCUT2D eigenvalue weighted by Crippen LogP contribution is 2.51. The minimum absolute atomic E-state index is 0.0665. The summed E-state index contributed by atoms with van der Waals surface area (Å²) >= 11 is -1.77. The average molecular weight is 534 g/mol. The van der Waals surface area contributed by atoms with Crippen LogP contribution in [0.2, 0.25) is 0 Å². The number of ether oxygens (including phenoxy) is 1. The zero-order valence-electron chi connectivity index (χ0n) is 21.2. The summed E-state index contributed by atoms with van der Waals surface area (Å²) in [6.45, 7) is 0.0665. The molecular weight excluding hydrogens is 506 g/mol. The molecule has 4 aromatic carbocycles. The van der Waals surface area contributed by atoms with Crippen LogP contribution in [0.4, 0.5) is 0 Å². The lowest BCUT2D eigenvalue weighted by Crippen LogP contribution is -2.49. The number of fused-ring (bicyclic) bond motifs is 1. The quantitative estimate of drug-likeness (QED) is 0.126. The van der Waals surface area contributed by atoms with Crippen molar-refractivity contribution in [1.29, 1.82) is 0 Å². The van der Waals surface area contributed by atoms with Crippen LogP contribution in [0.5, 0.6) is 0 Å². The molecule has 39 heavy (non-hydrogen) atoms. The molecule has 1 fully saturated rings. The maximum Gasteiger partial charge on any atom is 0.360 e. The van der Waals surface area contributed by atoms with Gasteiger partial charge in [-0.25, -0.2) is 4.79 Å². The van der Waals surface area contributed by atoms with Crippen LogP contribution in [-0.2, 0) is 36.9 Å². The van der Waals surface area contributed by atoms with Crippen molar-refractivity contribution in [2.24, 2.45) is 0 Å². The third kappa shape index (κ3) is 4.36. The van der Waals surface area contributed by atoms with Gasteiger partial charge in [0.15, 0.2) is 10.6 Å². The van der Waals surface area contributed by atoms with E-state index in [0.717, 1.165) is 22.3 Å². The monoisotopic (exact) mass is 533 g/mol. The zero-order chi connectivity index (χ0) is 26.8. The number of hydrogen-bond acceptors (Lipinski definition) is 4. The van der Waals surface area contributed by atoms with E-state index >= 15 is 4.55 Å². The fourth-order valence-electron chi connectivity index (χ4n) is 5.59. The highest BCUT2D eigenvalue weighted by Gasteiger charge is 2.57. The molecule has 0 saturated carbocycles. The molecule has 0 radical (unpaired) electrons. The molecule has 1 amide bonds. The summed E-state index contributed by atoms with van der Waals surface area (Å²) in [7, 11) is 0.